The van der Waals surface area contributed by atoms with E-state index in [1.54, 1.807) is 12.1 Å². The lowest BCUT2D eigenvalue weighted by Gasteiger charge is -2.11. The molecule has 1 aromatic rings. The van der Waals surface area contributed by atoms with Crippen LogP contribution in [0.15, 0.2) is 18.2 Å². The van der Waals surface area contributed by atoms with Crippen molar-refractivity contribution in [2.24, 2.45) is 5.73 Å². The molecule has 0 aliphatic carbocycles. The molecule has 6 nitrogen and oxygen atoms in total. The summed E-state index contributed by atoms with van der Waals surface area (Å²) < 4.78 is 0.593. The molecule has 0 saturated carbocycles. The molecule has 0 saturated heterocycles. The third-order valence-electron chi connectivity index (χ3n) is 2.29. The van der Waals surface area contributed by atoms with E-state index < -0.39 is 23.8 Å². The van der Waals surface area contributed by atoms with Crippen molar-refractivity contribution in [3.8, 4) is 0 Å². The van der Waals surface area contributed by atoms with Gasteiger partial charge in [0.15, 0.2) is 0 Å². The molecule has 20 heavy (non-hydrogen) atoms. The molecule has 0 radical (unpaired) electrons. The Hall–Kier alpha value is -1.86. The SMILES string of the molecule is NC(=O)CC[C@@H](NC(=O)/C=C/c1ccc(Cl)s1)C(=O)O. The second kappa shape index (κ2) is 7.66. The van der Waals surface area contributed by atoms with E-state index in [-0.39, 0.29) is 12.8 Å². The van der Waals surface area contributed by atoms with Gasteiger partial charge in [-0.2, -0.15) is 0 Å². The van der Waals surface area contributed by atoms with E-state index in [9.17, 15) is 14.4 Å². The zero-order valence-electron chi connectivity index (χ0n) is 10.3. The van der Waals surface area contributed by atoms with Gasteiger partial charge >= 0.3 is 5.97 Å². The van der Waals surface area contributed by atoms with Crippen LogP contribution >= 0.6 is 22.9 Å². The summed E-state index contributed by atoms with van der Waals surface area (Å²) in [6.45, 7) is 0. The minimum atomic E-state index is -1.22. The van der Waals surface area contributed by atoms with E-state index in [2.05, 4.69) is 5.32 Å². The number of nitrogens with two attached hydrogens (primary N) is 1. The molecular weight excluding hydrogens is 304 g/mol. The fraction of sp³-hybridized carbons (Fsp3) is 0.250. The molecule has 1 aromatic heterocycles. The van der Waals surface area contributed by atoms with E-state index in [0.717, 1.165) is 4.88 Å². The van der Waals surface area contributed by atoms with E-state index in [1.807, 2.05) is 0 Å². The Labute approximate surface area is 124 Å². The number of rotatable bonds is 7. The van der Waals surface area contributed by atoms with Crippen LogP contribution in [0.2, 0.25) is 4.34 Å². The first-order valence-electron chi connectivity index (χ1n) is 5.63. The van der Waals surface area contributed by atoms with Gasteiger partial charge in [-0.1, -0.05) is 11.6 Å². The van der Waals surface area contributed by atoms with Crippen LogP contribution in [-0.4, -0.2) is 28.9 Å². The molecule has 0 unspecified atom stereocenters. The first-order chi connectivity index (χ1) is 9.38. The molecule has 1 rings (SSSR count). The number of halogens is 1. The molecule has 0 aliphatic heterocycles. The minimum Gasteiger partial charge on any atom is -0.480 e. The number of thiophene rings is 1. The summed E-state index contributed by atoms with van der Waals surface area (Å²) in [5.41, 5.74) is 4.94. The van der Waals surface area contributed by atoms with Gasteiger partial charge in [-0.25, -0.2) is 4.79 Å². The summed E-state index contributed by atoms with van der Waals surface area (Å²) in [5, 5.41) is 11.2. The molecule has 0 aliphatic rings. The van der Waals surface area contributed by atoms with Gasteiger partial charge < -0.3 is 16.2 Å². The maximum atomic E-state index is 11.6. The zero-order valence-corrected chi connectivity index (χ0v) is 11.9. The largest absolute Gasteiger partial charge is 0.480 e. The summed E-state index contributed by atoms with van der Waals surface area (Å²) in [4.78, 5) is 33.9. The molecular formula is C12H13ClN2O4S. The van der Waals surface area contributed by atoms with E-state index >= 15 is 0 Å². The van der Waals surface area contributed by atoms with Crippen LogP contribution in [-0.2, 0) is 14.4 Å². The van der Waals surface area contributed by atoms with Crippen LogP contribution in [0.1, 0.15) is 17.7 Å². The third-order valence-corrected chi connectivity index (χ3v) is 3.48. The molecule has 108 valence electrons. The standard InChI is InChI=1S/C12H13ClN2O4S/c13-9-4-1-7(20-9)2-6-11(17)15-8(12(18)19)3-5-10(14)16/h1-2,4,6,8H,3,5H2,(H2,14,16)(H,15,17)(H,18,19)/b6-2+/t8-/m1/s1. The Bertz CT molecular complexity index is 541. The summed E-state index contributed by atoms with van der Waals surface area (Å²) in [6, 6.07) is 2.28. The Morgan fingerprint density at radius 1 is 1.45 bits per heavy atom. The number of carbonyl (C=O) groups excluding carboxylic acids is 2. The molecule has 0 bridgehead atoms. The zero-order chi connectivity index (χ0) is 15.1. The lowest BCUT2D eigenvalue weighted by molar-refractivity contribution is -0.141. The highest BCUT2D eigenvalue weighted by Gasteiger charge is 2.19. The average molecular weight is 317 g/mol. The average Bonchev–Trinajstić information content (AvgIpc) is 2.77. The van der Waals surface area contributed by atoms with Gasteiger partial charge in [0, 0.05) is 17.4 Å². The van der Waals surface area contributed by atoms with E-state index in [0.29, 0.717) is 4.34 Å². The van der Waals surface area contributed by atoms with Crippen molar-refractivity contribution in [3.63, 3.8) is 0 Å². The lowest BCUT2D eigenvalue weighted by Crippen LogP contribution is -2.40. The van der Waals surface area contributed by atoms with E-state index in [1.165, 1.54) is 23.5 Å². The fourth-order valence-corrected chi connectivity index (χ4v) is 2.30. The Morgan fingerprint density at radius 3 is 2.65 bits per heavy atom. The van der Waals surface area contributed by atoms with Crippen LogP contribution in [0, 0.1) is 0 Å². The van der Waals surface area contributed by atoms with Gasteiger partial charge in [-0.05, 0) is 24.6 Å². The second-order valence-electron chi connectivity index (χ2n) is 3.88. The predicted octanol–water partition coefficient (Wildman–Crippen LogP) is 1.25. The highest BCUT2D eigenvalue weighted by atomic mass is 35.5. The molecule has 0 spiro atoms. The highest BCUT2D eigenvalue weighted by molar-refractivity contribution is 7.17. The summed E-state index contributed by atoms with van der Waals surface area (Å²) in [7, 11) is 0. The fourth-order valence-electron chi connectivity index (χ4n) is 1.34. The van der Waals surface area contributed by atoms with E-state index in [4.69, 9.17) is 22.4 Å². The molecule has 1 heterocycles. The summed E-state index contributed by atoms with van der Waals surface area (Å²) >= 11 is 7.03. The number of hydrogen-bond donors (Lipinski definition) is 3. The number of aliphatic carboxylic acids is 1. The number of nitrogens with one attached hydrogen (secondary N) is 1. The van der Waals surface area contributed by atoms with Gasteiger partial charge in [0.25, 0.3) is 0 Å². The van der Waals surface area contributed by atoms with Gasteiger partial charge in [0.2, 0.25) is 11.8 Å². The summed E-state index contributed by atoms with van der Waals surface area (Å²) in [6.07, 6.45) is 2.58. The Balaban J connectivity index is 2.55. The minimum absolute atomic E-state index is 0.0466. The van der Waals surface area contributed by atoms with Crippen LogP contribution in [0.4, 0.5) is 0 Å². The van der Waals surface area contributed by atoms with Crippen LogP contribution in [0.5, 0.6) is 0 Å². The van der Waals surface area contributed by atoms with Crippen LogP contribution < -0.4 is 11.1 Å². The Morgan fingerprint density at radius 2 is 2.15 bits per heavy atom. The molecule has 8 heteroatoms. The number of amides is 2. The van der Waals surface area contributed by atoms with Crippen molar-refractivity contribution in [1.82, 2.24) is 5.32 Å². The van der Waals surface area contributed by atoms with Crippen LogP contribution in [0.25, 0.3) is 6.08 Å². The van der Waals surface area contributed by atoms with Crippen LogP contribution in [0.3, 0.4) is 0 Å². The summed E-state index contributed by atoms with van der Waals surface area (Å²) in [5.74, 6) is -2.40. The number of hydrogen-bond acceptors (Lipinski definition) is 4. The first kappa shape index (κ1) is 16.2. The smallest absolute Gasteiger partial charge is 0.326 e. The van der Waals surface area contributed by atoms with Gasteiger partial charge in [0.1, 0.15) is 6.04 Å². The van der Waals surface area contributed by atoms with Crippen molar-refractivity contribution < 1.29 is 19.5 Å². The second-order valence-corrected chi connectivity index (χ2v) is 5.63. The molecule has 0 fully saturated rings. The molecule has 2 amide bonds. The highest BCUT2D eigenvalue weighted by Crippen LogP contribution is 2.22. The van der Waals surface area contributed by atoms with Gasteiger partial charge in [-0.15, -0.1) is 11.3 Å². The van der Waals surface area contributed by atoms with Gasteiger partial charge in [0.05, 0.1) is 4.34 Å². The lowest BCUT2D eigenvalue weighted by atomic mass is 10.1. The maximum Gasteiger partial charge on any atom is 0.326 e. The predicted molar refractivity (Wildman–Crippen MR) is 76.4 cm³/mol. The normalized spacial score (nSPS) is 12.2. The topological polar surface area (TPSA) is 109 Å². The first-order valence-corrected chi connectivity index (χ1v) is 6.83. The Kier molecular flexibility index (Phi) is 6.20. The van der Waals surface area contributed by atoms with Crippen molar-refractivity contribution in [2.45, 2.75) is 18.9 Å². The van der Waals surface area contributed by atoms with Gasteiger partial charge in [-0.3, -0.25) is 9.59 Å². The number of carboxylic acids is 1. The molecule has 0 aromatic carbocycles. The van der Waals surface area contributed by atoms with Crippen molar-refractivity contribution in [2.75, 3.05) is 0 Å². The molecule has 1 atom stereocenters. The van der Waals surface area contributed by atoms with Crippen molar-refractivity contribution >= 4 is 46.8 Å². The monoisotopic (exact) mass is 316 g/mol. The number of carbonyl (C=O) groups is 3. The number of primary amides is 1. The van der Waals surface area contributed by atoms with Crippen molar-refractivity contribution in [1.29, 1.82) is 0 Å². The van der Waals surface area contributed by atoms with Crippen molar-refractivity contribution in [3.05, 3.63) is 27.4 Å². The number of carboxylic acid groups (broad SMARTS) is 1. The molecule has 4 N–H and O–H groups in total. The third kappa shape index (κ3) is 5.85. The quantitative estimate of drug-likeness (QED) is 0.657. The maximum absolute atomic E-state index is 11.6.